The van der Waals surface area contributed by atoms with Gasteiger partial charge >= 0.3 is 12.1 Å². The fraction of sp³-hybridized carbons (Fsp3) is 0.619. The molecule has 1 aliphatic heterocycles. The van der Waals surface area contributed by atoms with Crippen LogP contribution in [0.25, 0.3) is 0 Å². The van der Waals surface area contributed by atoms with Gasteiger partial charge in [-0.2, -0.15) is 11.3 Å². The van der Waals surface area contributed by atoms with Gasteiger partial charge in [0.15, 0.2) is 0 Å². The Balaban J connectivity index is 1.20. The second kappa shape index (κ2) is 6.80. The zero-order chi connectivity index (χ0) is 21.1. The number of urea groups is 2. The molecule has 9 heteroatoms. The Morgan fingerprint density at radius 1 is 1.17 bits per heavy atom. The lowest BCUT2D eigenvalue weighted by atomic mass is 9.53. The first kappa shape index (κ1) is 19.5. The van der Waals surface area contributed by atoms with Crippen LogP contribution in [0.4, 0.5) is 9.59 Å². The van der Waals surface area contributed by atoms with Crippen LogP contribution in [0.15, 0.2) is 16.8 Å². The number of imide groups is 2. The third kappa shape index (κ3) is 3.19. The van der Waals surface area contributed by atoms with Crippen molar-refractivity contribution in [2.24, 2.45) is 17.8 Å². The highest BCUT2D eigenvalue weighted by atomic mass is 32.1. The Morgan fingerprint density at radius 2 is 1.80 bits per heavy atom. The zero-order valence-electron chi connectivity index (χ0n) is 16.9. The van der Waals surface area contributed by atoms with E-state index in [-0.39, 0.29) is 5.54 Å². The Bertz CT molecular complexity index is 879. The molecule has 160 valence electrons. The lowest BCUT2D eigenvalue weighted by Crippen LogP contribution is -2.62. The summed E-state index contributed by atoms with van der Waals surface area (Å²) in [7, 11) is 0. The van der Waals surface area contributed by atoms with Crippen molar-refractivity contribution in [2.45, 2.75) is 56.5 Å². The lowest BCUT2D eigenvalue weighted by molar-refractivity contribution is -0.134. The first-order valence-electron chi connectivity index (χ1n) is 10.6. The van der Waals surface area contributed by atoms with E-state index in [1.165, 1.54) is 30.6 Å². The van der Waals surface area contributed by atoms with Crippen molar-refractivity contribution in [3.63, 3.8) is 0 Å². The van der Waals surface area contributed by atoms with Gasteiger partial charge in [0.2, 0.25) is 5.91 Å². The van der Waals surface area contributed by atoms with Crippen molar-refractivity contribution in [1.29, 1.82) is 0 Å². The number of thiophene rings is 1. The van der Waals surface area contributed by atoms with Gasteiger partial charge in [0.05, 0.1) is 0 Å². The van der Waals surface area contributed by atoms with E-state index in [4.69, 9.17) is 0 Å². The first-order chi connectivity index (χ1) is 14.3. The molecule has 4 aliphatic carbocycles. The number of carbonyl (C=O) groups is 4. The Labute approximate surface area is 178 Å². The molecule has 4 saturated carbocycles. The van der Waals surface area contributed by atoms with Crippen LogP contribution in [0, 0.1) is 17.8 Å². The van der Waals surface area contributed by atoms with Crippen LogP contribution in [-0.4, -0.2) is 40.9 Å². The summed E-state index contributed by atoms with van der Waals surface area (Å²) in [6.45, 7) is 1.13. The SMILES string of the molecule is CC1(c2ccsc2)NC(=O)N(CC(=O)NC(=O)NC23CC4CC(CC(C4)C2)C3)C1=O. The third-order valence-electron chi connectivity index (χ3n) is 7.35. The van der Waals surface area contributed by atoms with E-state index in [0.717, 1.165) is 24.2 Å². The number of nitrogens with one attached hydrogen (secondary N) is 3. The minimum atomic E-state index is -1.20. The predicted molar refractivity (Wildman–Crippen MR) is 109 cm³/mol. The number of hydrogen-bond acceptors (Lipinski definition) is 5. The van der Waals surface area contributed by atoms with Gasteiger partial charge in [0.25, 0.3) is 5.91 Å². The molecule has 1 unspecified atom stereocenters. The van der Waals surface area contributed by atoms with Crippen molar-refractivity contribution >= 4 is 35.2 Å². The summed E-state index contributed by atoms with van der Waals surface area (Å²) >= 11 is 1.42. The summed E-state index contributed by atoms with van der Waals surface area (Å²) < 4.78 is 0. The van der Waals surface area contributed by atoms with Gasteiger partial charge in [0, 0.05) is 5.54 Å². The molecular formula is C21H26N4O4S. The molecule has 6 rings (SSSR count). The second-order valence-corrected chi connectivity index (χ2v) is 10.4. The highest BCUT2D eigenvalue weighted by Crippen LogP contribution is 2.55. The summed E-state index contributed by atoms with van der Waals surface area (Å²) in [4.78, 5) is 51.0. The zero-order valence-corrected chi connectivity index (χ0v) is 17.7. The fourth-order valence-electron chi connectivity index (χ4n) is 6.43. The topological polar surface area (TPSA) is 108 Å². The molecule has 1 aromatic rings. The number of rotatable bonds is 4. The van der Waals surface area contributed by atoms with Crippen molar-refractivity contribution in [2.75, 3.05) is 6.54 Å². The highest BCUT2D eigenvalue weighted by Gasteiger charge is 2.52. The smallest absolute Gasteiger partial charge is 0.325 e. The van der Waals surface area contributed by atoms with E-state index in [1.807, 2.05) is 5.38 Å². The van der Waals surface area contributed by atoms with E-state index >= 15 is 0 Å². The molecule has 0 radical (unpaired) electrons. The highest BCUT2D eigenvalue weighted by molar-refractivity contribution is 7.08. The molecule has 4 bridgehead atoms. The van der Waals surface area contributed by atoms with Crippen LogP contribution in [0.1, 0.15) is 51.0 Å². The van der Waals surface area contributed by atoms with Gasteiger partial charge in [-0.15, -0.1) is 0 Å². The molecule has 1 saturated heterocycles. The Morgan fingerprint density at radius 3 is 2.37 bits per heavy atom. The standard InChI is InChI=1S/C21H26N4O4S/c1-20(15-2-3-30-11-15)17(27)25(19(29)24-20)10-16(26)22-18(28)23-21-7-12-4-13(8-21)6-14(5-12)9-21/h2-3,11-14H,4-10H2,1H3,(H,24,29)(H2,22,23,26,28). The fourth-order valence-corrected chi connectivity index (χ4v) is 7.20. The molecule has 0 spiro atoms. The minimum Gasteiger partial charge on any atom is -0.332 e. The summed E-state index contributed by atoms with van der Waals surface area (Å²) in [5.74, 6) is 0.853. The molecule has 5 fully saturated rings. The Hall–Kier alpha value is -2.42. The van der Waals surface area contributed by atoms with Crippen molar-refractivity contribution in [3.05, 3.63) is 22.4 Å². The largest absolute Gasteiger partial charge is 0.332 e. The molecule has 30 heavy (non-hydrogen) atoms. The molecule has 8 nitrogen and oxygen atoms in total. The molecule has 1 atom stereocenters. The van der Waals surface area contributed by atoms with Gasteiger partial charge < -0.3 is 10.6 Å². The molecule has 2 heterocycles. The quantitative estimate of drug-likeness (QED) is 0.637. The second-order valence-electron chi connectivity index (χ2n) is 9.66. The minimum absolute atomic E-state index is 0.211. The van der Waals surface area contributed by atoms with Crippen LogP contribution in [-0.2, 0) is 15.1 Å². The van der Waals surface area contributed by atoms with Crippen LogP contribution in [0.2, 0.25) is 0 Å². The van der Waals surface area contributed by atoms with Crippen LogP contribution in [0.3, 0.4) is 0 Å². The van der Waals surface area contributed by atoms with Crippen molar-refractivity contribution < 1.29 is 19.2 Å². The van der Waals surface area contributed by atoms with Gasteiger partial charge in [-0.1, -0.05) is 0 Å². The van der Waals surface area contributed by atoms with E-state index in [1.54, 1.807) is 18.4 Å². The molecular weight excluding hydrogens is 404 g/mol. The van der Waals surface area contributed by atoms with Crippen molar-refractivity contribution in [3.8, 4) is 0 Å². The summed E-state index contributed by atoms with van der Waals surface area (Å²) in [5, 5.41) is 11.7. The normalized spacial score (nSPS) is 36.7. The van der Waals surface area contributed by atoms with Crippen LogP contribution in [0.5, 0.6) is 0 Å². The summed E-state index contributed by atoms with van der Waals surface area (Å²) in [5.41, 5.74) is -0.732. The van der Waals surface area contributed by atoms with Gasteiger partial charge in [-0.3, -0.25) is 19.8 Å². The van der Waals surface area contributed by atoms with Crippen molar-refractivity contribution in [1.82, 2.24) is 20.9 Å². The predicted octanol–water partition coefficient (Wildman–Crippen LogP) is 2.31. The maximum Gasteiger partial charge on any atom is 0.325 e. The number of carbonyl (C=O) groups excluding carboxylic acids is 4. The first-order valence-corrected chi connectivity index (χ1v) is 11.5. The van der Waals surface area contributed by atoms with Gasteiger partial charge in [-0.25, -0.2) is 9.59 Å². The summed E-state index contributed by atoms with van der Waals surface area (Å²) in [6, 6.07) is 0.602. The number of amides is 6. The van der Waals surface area contributed by atoms with Gasteiger partial charge in [0.1, 0.15) is 12.1 Å². The lowest BCUT2D eigenvalue weighted by Gasteiger charge is -2.56. The summed E-state index contributed by atoms with van der Waals surface area (Å²) in [6.07, 6.45) is 6.72. The third-order valence-corrected chi connectivity index (χ3v) is 8.03. The Kier molecular flexibility index (Phi) is 4.43. The average molecular weight is 431 g/mol. The molecule has 0 aromatic carbocycles. The van der Waals surface area contributed by atoms with E-state index < -0.39 is 36.0 Å². The van der Waals surface area contributed by atoms with E-state index in [0.29, 0.717) is 23.3 Å². The molecule has 6 amide bonds. The number of hydrogen-bond donors (Lipinski definition) is 3. The van der Waals surface area contributed by atoms with E-state index in [9.17, 15) is 19.2 Å². The average Bonchev–Trinajstić information content (AvgIpc) is 3.24. The molecule has 5 aliphatic rings. The number of nitrogens with zero attached hydrogens (tertiary/aromatic N) is 1. The maximum atomic E-state index is 12.8. The van der Waals surface area contributed by atoms with Gasteiger partial charge in [-0.05, 0) is 85.6 Å². The van der Waals surface area contributed by atoms with Crippen LogP contribution >= 0.6 is 11.3 Å². The van der Waals surface area contributed by atoms with Crippen LogP contribution < -0.4 is 16.0 Å². The van der Waals surface area contributed by atoms with E-state index in [2.05, 4.69) is 16.0 Å². The molecule has 1 aromatic heterocycles. The molecule has 3 N–H and O–H groups in total. The monoisotopic (exact) mass is 430 g/mol. The maximum absolute atomic E-state index is 12.8.